The average molecular weight is 354 g/mol. The van der Waals surface area contributed by atoms with Gasteiger partial charge in [0.2, 0.25) is 0 Å². The Kier molecular flexibility index (Phi) is 5.19. The molecule has 0 aliphatic rings. The van der Waals surface area contributed by atoms with Gasteiger partial charge in [-0.25, -0.2) is 4.79 Å². The first-order chi connectivity index (χ1) is 12.0. The van der Waals surface area contributed by atoms with Crippen LogP contribution in [-0.2, 0) is 0 Å². The van der Waals surface area contributed by atoms with Gasteiger partial charge in [-0.15, -0.1) is 11.3 Å². The molecule has 5 nitrogen and oxygen atoms in total. The lowest BCUT2D eigenvalue weighted by atomic mass is 10.2. The molecule has 0 saturated heterocycles. The lowest BCUT2D eigenvalue weighted by molar-refractivity contribution is 0.250. The largest absolute Gasteiger partial charge is 0.335 e. The van der Waals surface area contributed by atoms with Crippen LogP contribution < -0.4 is 10.6 Å². The van der Waals surface area contributed by atoms with Crippen molar-refractivity contribution in [2.45, 2.75) is 26.8 Å². The lowest BCUT2D eigenvalue weighted by Crippen LogP contribution is -2.35. The number of para-hydroxylation sites is 1. The molecule has 2 aromatic heterocycles. The van der Waals surface area contributed by atoms with Gasteiger partial charge in [-0.3, -0.25) is 4.68 Å². The summed E-state index contributed by atoms with van der Waals surface area (Å²) in [5.74, 6) is 0. The molecule has 130 valence electrons. The van der Waals surface area contributed by atoms with E-state index < -0.39 is 0 Å². The maximum atomic E-state index is 12.3. The minimum atomic E-state index is -0.211. The highest BCUT2D eigenvalue weighted by Crippen LogP contribution is 2.24. The monoisotopic (exact) mass is 354 g/mol. The number of aryl methyl sites for hydroxylation is 3. The van der Waals surface area contributed by atoms with Crippen molar-refractivity contribution in [2.24, 2.45) is 0 Å². The van der Waals surface area contributed by atoms with Crippen molar-refractivity contribution in [3.05, 3.63) is 69.7 Å². The maximum Gasteiger partial charge on any atom is 0.319 e. The van der Waals surface area contributed by atoms with E-state index in [0.717, 1.165) is 22.6 Å². The summed E-state index contributed by atoms with van der Waals surface area (Å²) in [6.45, 7) is 6.46. The number of aromatic nitrogens is 2. The van der Waals surface area contributed by atoms with Crippen LogP contribution in [0.5, 0.6) is 0 Å². The van der Waals surface area contributed by atoms with Gasteiger partial charge in [0.25, 0.3) is 0 Å². The number of nitrogens with zero attached hydrogens (tertiary/aromatic N) is 2. The van der Waals surface area contributed by atoms with Crippen LogP contribution in [0.2, 0.25) is 0 Å². The highest BCUT2D eigenvalue weighted by molar-refractivity contribution is 7.10. The van der Waals surface area contributed by atoms with Crippen LogP contribution in [-0.4, -0.2) is 22.4 Å². The molecule has 0 saturated carbocycles. The first-order valence-electron chi connectivity index (χ1n) is 8.21. The molecule has 0 spiro atoms. The zero-order valence-electron chi connectivity index (χ0n) is 14.6. The number of carbonyl (C=O) groups is 1. The van der Waals surface area contributed by atoms with E-state index in [1.165, 1.54) is 4.88 Å². The number of carbonyl (C=O) groups excluding carboxylic acids is 1. The van der Waals surface area contributed by atoms with Crippen molar-refractivity contribution in [3.63, 3.8) is 0 Å². The SMILES string of the molecule is Cc1cc(C)n([C@@H](CNC(=O)Nc2ccccc2C)c2cccs2)n1. The number of hydrogen-bond acceptors (Lipinski definition) is 3. The third-order valence-corrected chi connectivity index (χ3v) is 5.03. The van der Waals surface area contributed by atoms with Crippen LogP contribution in [0.1, 0.15) is 27.9 Å². The Hall–Kier alpha value is -2.60. The third-order valence-electron chi connectivity index (χ3n) is 4.06. The average Bonchev–Trinajstić information content (AvgIpc) is 3.20. The van der Waals surface area contributed by atoms with E-state index in [0.29, 0.717) is 6.54 Å². The second kappa shape index (κ2) is 7.53. The van der Waals surface area contributed by atoms with Crippen LogP contribution in [0.25, 0.3) is 0 Å². The summed E-state index contributed by atoms with van der Waals surface area (Å²) >= 11 is 1.67. The molecule has 0 unspecified atom stereocenters. The Morgan fingerprint density at radius 2 is 2.00 bits per heavy atom. The first kappa shape index (κ1) is 17.2. The van der Waals surface area contributed by atoms with Gasteiger partial charge in [0, 0.05) is 22.8 Å². The van der Waals surface area contributed by atoms with Gasteiger partial charge in [0.1, 0.15) is 6.04 Å². The van der Waals surface area contributed by atoms with Gasteiger partial charge in [-0.05, 0) is 49.9 Å². The Morgan fingerprint density at radius 3 is 2.64 bits per heavy atom. The summed E-state index contributed by atoms with van der Waals surface area (Å²) in [5.41, 5.74) is 3.91. The van der Waals surface area contributed by atoms with Crippen molar-refractivity contribution in [1.82, 2.24) is 15.1 Å². The molecule has 2 amide bonds. The normalized spacial score (nSPS) is 12.0. The highest BCUT2D eigenvalue weighted by atomic mass is 32.1. The van der Waals surface area contributed by atoms with E-state index in [9.17, 15) is 4.79 Å². The number of hydrogen-bond donors (Lipinski definition) is 2. The summed E-state index contributed by atoms with van der Waals surface area (Å²) in [5, 5.41) is 12.5. The highest BCUT2D eigenvalue weighted by Gasteiger charge is 2.19. The molecule has 1 aromatic carbocycles. The zero-order chi connectivity index (χ0) is 17.8. The quantitative estimate of drug-likeness (QED) is 0.718. The molecule has 0 aliphatic carbocycles. The van der Waals surface area contributed by atoms with Gasteiger partial charge in [0.05, 0.1) is 5.69 Å². The van der Waals surface area contributed by atoms with Gasteiger partial charge in [0.15, 0.2) is 0 Å². The molecule has 0 fully saturated rings. The van der Waals surface area contributed by atoms with Crippen molar-refractivity contribution in [3.8, 4) is 0 Å². The number of urea groups is 1. The Balaban J connectivity index is 1.72. The number of thiophene rings is 1. The summed E-state index contributed by atoms with van der Waals surface area (Å²) in [4.78, 5) is 13.5. The first-order valence-corrected chi connectivity index (χ1v) is 9.09. The van der Waals surface area contributed by atoms with Crippen LogP contribution in [0.3, 0.4) is 0 Å². The van der Waals surface area contributed by atoms with E-state index in [2.05, 4.69) is 21.8 Å². The smallest absolute Gasteiger partial charge is 0.319 e. The van der Waals surface area contributed by atoms with Gasteiger partial charge < -0.3 is 10.6 Å². The molecule has 2 heterocycles. The van der Waals surface area contributed by atoms with Crippen LogP contribution in [0.15, 0.2) is 47.8 Å². The number of benzene rings is 1. The fraction of sp³-hybridized carbons (Fsp3) is 0.263. The summed E-state index contributed by atoms with van der Waals surface area (Å²) < 4.78 is 1.98. The van der Waals surface area contributed by atoms with Crippen molar-refractivity contribution in [2.75, 3.05) is 11.9 Å². The van der Waals surface area contributed by atoms with E-state index in [1.54, 1.807) is 11.3 Å². The second-order valence-corrected chi connectivity index (χ2v) is 7.03. The Bertz CT molecular complexity index is 854. The number of amides is 2. The molecule has 2 N–H and O–H groups in total. The lowest BCUT2D eigenvalue weighted by Gasteiger charge is -2.19. The second-order valence-electron chi connectivity index (χ2n) is 6.05. The van der Waals surface area contributed by atoms with E-state index in [1.807, 2.05) is 67.2 Å². The Labute approximate surface area is 151 Å². The summed E-state index contributed by atoms with van der Waals surface area (Å²) in [7, 11) is 0. The van der Waals surface area contributed by atoms with Gasteiger partial charge in [-0.1, -0.05) is 24.3 Å². The fourth-order valence-corrected chi connectivity index (χ4v) is 3.63. The van der Waals surface area contributed by atoms with Crippen LogP contribution in [0.4, 0.5) is 10.5 Å². The van der Waals surface area contributed by atoms with Crippen molar-refractivity contribution < 1.29 is 4.79 Å². The number of rotatable bonds is 5. The van der Waals surface area contributed by atoms with E-state index in [-0.39, 0.29) is 12.1 Å². The van der Waals surface area contributed by atoms with Crippen molar-refractivity contribution in [1.29, 1.82) is 0 Å². The zero-order valence-corrected chi connectivity index (χ0v) is 15.4. The molecule has 6 heteroatoms. The van der Waals surface area contributed by atoms with Crippen molar-refractivity contribution >= 4 is 23.1 Å². The molecular weight excluding hydrogens is 332 g/mol. The fourth-order valence-electron chi connectivity index (χ4n) is 2.82. The standard InChI is InChI=1S/C19H22N4OS/c1-13-7-4-5-8-16(13)21-19(24)20-12-17(18-9-6-10-25-18)23-15(3)11-14(2)22-23/h4-11,17H,12H2,1-3H3,(H2,20,21,24)/t17-/m0/s1. The summed E-state index contributed by atoms with van der Waals surface area (Å²) in [6, 6.07) is 13.6. The molecule has 0 aliphatic heterocycles. The number of anilines is 1. The van der Waals surface area contributed by atoms with E-state index in [4.69, 9.17) is 0 Å². The minimum absolute atomic E-state index is 0.0173. The summed E-state index contributed by atoms with van der Waals surface area (Å²) in [6.07, 6.45) is 0. The predicted molar refractivity (Wildman–Crippen MR) is 102 cm³/mol. The molecule has 25 heavy (non-hydrogen) atoms. The topological polar surface area (TPSA) is 59.0 Å². The molecule has 3 rings (SSSR count). The predicted octanol–water partition coefficient (Wildman–Crippen LogP) is 4.28. The molecular formula is C19H22N4OS. The maximum absolute atomic E-state index is 12.3. The van der Waals surface area contributed by atoms with Crippen LogP contribution >= 0.6 is 11.3 Å². The molecule has 0 radical (unpaired) electrons. The Morgan fingerprint density at radius 1 is 1.20 bits per heavy atom. The van der Waals surface area contributed by atoms with Crippen LogP contribution in [0, 0.1) is 20.8 Å². The molecule has 1 atom stereocenters. The molecule has 0 bridgehead atoms. The van der Waals surface area contributed by atoms with E-state index >= 15 is 0 Å². The van der Waals surface area contributed by atoms with Gasteiger partial charge >= 0.3 is 6.03 Å². The number of nitrogens with one attached hydrogen (secondary N) is 2. The van der Waals surface area contributed by atoms with Gasteiger partial charge in [-0.2, -0.15) is 5.10 Å². The third kappa shape index (κ3) is 4.09. The minimum Gasteiger partial charge on any atom is -0.335 e. The molecule has 3 aromatic rings.